The minimum atomic E-state index is -0.620. The van der Waals surface area contributed by atoms with Crippen LogP contribution in [0.15, 0.2) is 36.9 Å². The number of anilines is 2. The molecule has 0 unspecified atom stereocenters. The average molecular weight is 1830 g/mol. The predicted molar refractivity (Wildman–Crippen MR) is 557 cm³/mol. The van der Waals surface area contributed by atoms with Crippen molar-refractivity contribution in [2.75, 3.05) is 313 Å². The van der Waals surface area contributed by atoms with Gasteiger partial charge >= 0.3 is 6.92 Å². The maximum Gasteiger partial charge on any atom is 0.321 e. The van der Waals surface area contributed by atoms with E-state index in [-0.39, 0.29) is 22.4 Å². The third-order valence-electron chi connectivity index (χ3n) is 27.5. The lowest BCUT2D eigenvalue weighted by Crippen LogP contribution is -2.59. The molecule has 760 valence electrons. The maximum absolute atomic E-state index is 11.9. The molecule has 0 radical (unpaired) electrons. The van der Waals surface area contributed by atoms with Crippen molar-refractivity contribution in [3.8, 4) is 0 Å². The zero-order valence-corrected chi connectivity index (χ0v) is 91.5. The van der Waals surface area contributed by atoms with Crippen LogP contribution in [0.25, 0.3) is 0 Å². The smallest absolute Gasteiger partial charge is 0.321 e. The number of ether oxygens (including phenoxy) is 5. The number of methoxy groups -OCH3 is 4. The van der Waals surface area contributed by atoms with Crippen molar-refractivity contribution in [2.45, 2.75) is 309 Å². The van der Waals surface area contributed by atoms with Crippen LogP contribution in [0, 0.1) is 0 Å². The van der Waals surface area contributed by atoms with Gasteiger partial charge in [0.2, 0.25) is 0 Å². The molecule has 2 aromatic rings. The van der Waals surface area contributed by atoms with Gasteiger partial charge in [0.05, 0.1) is 44.5 Å². The standard InChI is InChI=1S/C17H27BN2O2.C15H32N2O2.C13H28N2O.C12H20N4.2C12H26N2O.C12H26N2.C11H24N2/c1-13(21)15-12-14(6-7-16(15)18(5)22)19-8-10-20(11-9-19)17(2,3)4;1-15(2,3)17-8-6-14(7-9-17)16(10-12-18-4)11-13-19-5;1-12(2,3)14-7-9-15(10-8-14)13(4,5)11-16-6;1-12(2,3)16-6-4-15(5-7-16)11-8-13-10-14-9-11;1-12(2,3)14-9-7-13(8-10-14)6-5-11-15-4;1-5-15-11-10-13-6-8-14(9-7-13)12(2,3)4;1-5-6-7-13-8-10-14(11-9-13)12(2,3)4;1-5-6-12-7-9-13(10-8-12)11(2,3)4/h6-7,12,22H,8-11H2,1-5H3;14H,6-13H2,1-5H3;7-11H2,1-6H3;8-10H,4-7H2,1-3H3;2*5-11H2,1-4H3;5-11H2,1-4H3;5-10H2,1-4H3. The third kappa shape index (κ3) is 47.5. The molecule has 25 nitrogen and oxygen atoms in total. The Balaban J connectivity index is 0.000000385. The van der Waals surface area contributed by atoms with E-state index in [0.717, 1.165) is 156 Å². The number of aromatic nitrogens is 2. The van der Waals surface area contributed by atoms with E-state index < -0.39 is 6.92 Å². The highest BCUT2D eigenvalue weighted by Gasteiger charge is 2.36. The molecular weight excluding hydrogens is 1620 g/mol. The van der Waals surface area contributed by atoms with Crippen molar-refractivity contribution < 1.29 is 33.5 Å². The Hall–Kier alpha value is -3.17. The number of rotatable bonds is 27. The molecule has 0 spiro atoms. The highest BCUT2D eigenvalue weighted by atomic mass is 16.5. The van der Waals surface area contributed by atoms with Crippen molar-refractivity contribution in [3.63, 3.8) is 0 Å². The SMILES string of the molecule is CB(O)c1ccc(N2CCN(C(C)(C)C)CC2)cc1C(C)=O.CC(C)(C)N1CCN(c2cncnc2)CC1.CCCCN1CCN(C(C)(C)C)CC1.CCCN1CCN(C(C)(C)C)CC1.CCOCCN1CCN(C(C)(C)C)CC1.COCC(C)(C)N1CCN(C(C)(C)C)CC1.COCCCN1CCN(C(C)(C)C)CC1.COCCN(CCOC)C1CCN(C(C)(C)C)CC1. The molecule has 8 fully saturated rings. The lowest BCUT2D eigenvalue weighted by Gasteiger charge is -2.47. The van der Waals surface area contributed by atoms with Crippen LogP contribution in [0.4, 0.5) is 11.4 Å². The Morgan fingerprint density at radius 1 is 0.385 bits per heavy atom. The number of likely N-dealkylation sites (tertiary alicyclic amines) is 1. The first-order chi connectivity index (χ1) is 60.7. The van der Waals surface area contributed by atoms with E-state index in [9.17, 15) is 9.82 Å². The molecule has 26 heteroatoms. The van der Waals surface area contributed by atoms with Crippen LogP contribution < -0.4 is 15.3 Å². The van der Waals surface area contributed by atoms with Crippen LogP contribution in [0.2, 0.25) is 6.82 Å². The van der Waals surface area contributed by atoms with Gasteiger partial charge in [0.25, 0.3) is 0 Å². The second-order valence-electron chi connectivity index (χ2n) is 46.1. The number of ketones is 1. The number of Topliss-reactive ketones (excluding diaryl/α,β-unsaturated/α-hetero) is 1. The Kier molecular flexibility index (Phi) is 55.8. The average Bonchev–Trinajstić information content (AvgIpc) is 0.810. The van der Waals surface area contributed by atoms with Gasteiger partial charge in [0.1, 0.15) is 6.33 Å². The van der Waals surface area contributed by atoms with E-state index in [1.165, 1.54) is 170 Å². The largest absolute Gasteiger partial charge is 0.446 e. The molecule has 1 aromatic carbocycles. The summed E-state index contributed by atoms with van der Waals surface area (Å²) in [5.41, 5.74) is 6.17. The Bertz CT molecular complexity index is 3130. The summed E-state index contributed by atoms with van der Waals surface area (Å²) in [5.74, 6) is 0.00563. The van der Waals surface area contributed by atoms with Gasteiger partial charge in [-0.25, -0.2) is 9.97 Å². The van der Waals surface area contributed by atoms with Crippen LogP contribution in [0.3, 0.4) is 0 Å². The molecule has 0 aliphatic carbocycles. The number of hydrogen-bond acceptors (Lipinski definition) is 25. The first-order valence-electron chi connectivity index (χ1n) is 51.2. The molecule has 10 rings (SSSR count). The molecule has 0 saturated carbocycles. The molecule has 8 aliphatic rings. The number of piperazine rings is 7. The van der Waals surface area contributed by atoms with E-state index in [2.05, 4.69) is 289 Å². The van der Waals surface area contributed by atoms with Crippen molar-refractivity contribution >= 4 is 29.5 Å². The van der Waals surface area contributed by atoms with E-state index >= 15 is 0 Å². The zero-order chi connectivity index (χ0) is 97.9. The third-order valence-corrected chi connectivity index (χ3v) is 27.5. The van der Waals surface area contributed by atoms with Gasteiger partial charge in [-0.2, -0.15) is 0 Å². The molecule has 9 heterocycles. The summed E-state index contributed by atoms with van der Waals surface area (Å²) in [5, 5.41) is 9.81. The molecule has 0 amide bonds. The number of carbonyl (C=O) groups excluding carboxylic acids is 1. The monoisotopic (exact) mass is 1830 g/mol. The minimum absolute atomic E-state index is 0.00563. The first-order valence-corrected chi connectivity index (χ1v) is 51.2. The number of unbranched alkanes of at least 4 members (excludes halogenated alkanes) is 1. The molecule has 0 bridgehead atoms. The van der Waals surface area contributed by atoms with Gasteiger partial charge in [-0.1, -0.05) is 33.2 Å². The molecule has 1 aromatic heterocycles. The van der Waals surface area contributed by atoms with Crippen molar-refractivity contribution in [2.24, 2.45) is 0 Å². The van der Waals surface area contributed by atoms with Gasteiger partial charge in [-0.15, -0.1) is 0 Å². The zero-order valence-electron chi connectivity index (χ0n) is 91.5. The van der Waals surface area contributed by atoms with Crippen molar-refractivity contribution in [3.05, 3.63) is 42.5 Å². The van der Waals surface area contributed by atoms with Crippen molar-refractivity contribution in [1.29, 1.82) is 0 Å². The van der Waals surface area contributed by atoms with Crippen LogP contribution in [-0.2, 0) is 23.7 Å². The molecule has 130 heavy (non-hydrogen) atoms. The van der Waals surface area contributed by atoms with E-state index in [4.69, 9.17) is 23.7 Å². The maximum atomic E-state index is 11.9. The minimum Gasteiger partial charge on any atom is -0.446 e. The second-order valence-corrected chi connectivity index (χ2v) is 46.1. The second kappa shape index (κ2) is 60.0. The summed E-state index contributed by atoms with van der Waals surface area (Å²) in [4.78, 5) is 60.4. The fourth-order valence-corrected chi connectivity index (χ4v) is 18.4. The van der Waals surface area contributed by atoms with Gasteiger partial charge in [0.15, 0.2) is 5.78 Å². The Labute approximate surface area is 802 Å². The highest BCUT2D eigenvalue weighted by Crippen LogP contribution is 2.28. The van der Waals surface area contributed by atoms with E-state index in [1.54, 1.807) is 48.5 Å². The fraction of sp³-hybridized carbons (Fsp3) is 0.894. The van der Waals surface area contributed by atoms with Gasteiger partial charge in [-0.05, 0) is 257 Å². The molecule has 0 atom stereocenters. The fourth-order valence-electron chi connectivity index (χ4n) is 18.4. The van der Waals surface area contributed by atoms with Crippen molar-refractivity contribution in [1.82, 2.24) is 78.6 Å². The predicted octanol–water partition coefficient (Wildman–Crippen LogP) is 13.6. The Morgan fingerprint density at radius 2 is 0.700 bits per heavy atom. The number of piperidine rings is 1. The molecule has 8 aliphatic heterocycles. The molecular formula is C104H209BN18O7. The Morgan fingerprint density at radius 3 is 1.02 bits per heavy atom. The summed E-state index contributed by atoms with van der Waals surface area (Å²) >= 11 is 0. The van der Waals surface area contributed by atoms with Crippen LogP contribution in [-0.4, -0.2) is 456 Å². The highest BCUT2D eigenvalue weighted by molar-refractivity contribution is 6.66. The summed E-state index contributed by atoms with van der Waals surface area (Å²) in [7, 11) is 7.11. The van der Waals surface area contributed by atoms with E-state index in [1.807, 2.05) is 30.6 Å². The summed E-state index contributed by atoms with van der Waals surface area (Å²) in [6.45, 7) is 116. The van der Waals surface area contributed by atoms with E-state index in [0.29, 0.717) is 50.3 Å². The topological polar surface area (TPSA) is 161 Å². The quantitative estimate of drug-likeness (QED) is 0.0510. The number of hydrogen-bond donors (Lipinski definition) is 1. The van der Waals surface area contributed by atoms with Crippen LogP contribution >= 0.6 is 0 Å². The van der Waals surface area contributed by atoms with Crippen LogP contribution in [0.5, 0.6) is 0 Å². The summed E-state index contributed by atoms with van der Waals surface area (Å²) in [6.07, 6.45) is 13.0. The van der Waals surface area contributed by atoms with Crippen LogP contribution in [0.1, 0.15) is 257 Å². The number of carbonyl (C=O) groups is 1. The molecule has 1 N–H and O–H groups in total. The first kappa shape index (κ1) is 121. The summed E-state index contributed by atoms with van der Waals surface area (Å²) in [6, 6.07) is 6.51. The lowest BCUT2D eigenvalue weighted by molar-refractivity contribution is -0.0174. The summed E-state index contributed by atoms with van der Waals surface area (Å²) < 4.78 is 26.2. The normalized spacial score (nSPS) is 19.9. The lowest BCUT2D eigenvalue weighted by atomic mass is 9.62. The molecule has 8 saturated heterocycles. The van der Waals surface area contributed by atoms with Gasteiger partial charge in [0, 0.05) is 331 Å². The van der Waals surface area contributed by atoms with Gasteiger partial charge in [-0.3, -0.25) is 58.7 Å². The van der Waals surface area contributed by atoms with Gasteiger partial charge < -0.3 is 53.2 Å². The number of benzene rings is 1. The number of nitrogens with zero attached hydrogens (tertiary/aromatic N) is 18.